The van der Waals surface area contributed by atoms with Gasteiger partial charge >= 0.3 is 6.01 Å². The number of amidine groups is 1. The quantitative estimate of drug-likeness (QED) is 0.560. The smallest absolute Gasteiger partial charge is 0.301 e. The van der Waals surface area contributed by atoms with Gasteiger partial charge in [0.15, 0.2) is 0 Å². The highest BCUT2D eigenvalue weighted by Crippen LogP contribution is 2.31. The number of imidazole rings is 1. The molecule has 6 nitrogen and oxygen atoms in total. The summed E-state index contributed by atoms with van der Waals surface area (Å²) in [6.07, 6.45) is 3.78. The Labute approximate surface area is 136 Å². The maximum absolute atomic E-state index is 14.1. The van der Waals surface area contributed by atoms with Gasteiger partial charge < -0.3 is 10.5 Å². The predicted octanol–water partition coefficient (Wildman–Crippen LogP) is 2.80. The molecule has 0 bridgehead atoms. The molecule has 2 aromatic rings. The fourth-order valence-corrected chi connectivity index (χ4v) is 2.10. The van der Waals surface area contributed by atoms with Crippen LogP contribution in [0.15, 0.2) is 36.9 Å². The molecule has 0 amide bonds. The number of rotatable bonds is 6. The molecule has 0 saturated carbocycles. The average Bonchev–Trinajstić information content (AvgIpc) is 2.93. The molecule has 1 aromatic heterocycles. The maximum atomic E-state index is 14.1. The fraction of sp³-hybridized carbons (Fsp3) is 0.0625. The molecule has 0 unspecified atom stereocenters. The van der Waals surface area contributed by atoms with E-state index in [0.29, 0.717) is 0 Å². The minimum absolute atomic E-state index is 0.0157. The Bertz CT molecular complexity index is 854. The summed E-state index contributed by atoms with van der Waals surface area (Å²) < 4.78 is 34.1. The van der Waals surface area contributed by atoms with Gasteiger partial charge in [-0.05, 0) is 30.4 Å². The average molecular weight is 331 g/mol. The first-order valence-electron chi connectivity index (χ1n) is 6.74. The van der Waals surface area contributed by atoms with E-state index in [1.54, 1.807) is 0 Å². The van der Waals surface area contributed by atoms with E-state index in [2.05, 4.69) is 11.6 Å². The standard InChI is InChI=1S/C16H15F2N5O/c1-3-23-15(12(19)6-7-13(20)21)14(22-16(23)24-2)10-8-9(17)4-5-11(10)18/h3-8,19H,1H2,2H3,(H3,20,21)/b7-6-,19-12?. The number of aromatic nitrogens is 2. The summed E-state index contributed by atoms with van der Waals surface area (Å²) >= 11 is 0. The van der Waals surface area contributed by atoms with Gasteiger partial charge in [0.1, 0.15) is 28.9 Å². The Morgan fingerprint density at radius 1 is 1.33 bits per heavy atom. The lowest BCUT2D eigenvalue weighted by Gasteiger charge is -2.07. The first kappa shape index (κ1) is 17.1. The first-order valence-corrected chi connectivity index (χ1v) is 6.74. The Kier molecular flexibility index (Phi) is 4.88. The van der Waals surface area contributed by atoms with Crippen LogP contribution in [0.4, 0.5) is 8.78 Å². The molecular formula is C16H15F2N5O. The summed E-state index contributed by atoms with van der Waals surface area (Å²) in [7, 11) is 1.35. The number of allylic oxidation sites excluding steroid dienone is 1. The molecule has 0 radical (unpaired) electrons. The molecule has 0 aliphatic carbocycles. The van der Waals surface area contributed by atoms with Crippen LogP contribution in [0.25, 0.3) is 17.5 Å². The van der Waals surface area contributed by atoms with Crippen LogP contribution in [-0.2, 0) is 0 Å². The molecule has 2 rings (SSSR count). The van der Waals surface area contributed by atoms with Crippen molar-refractivity contribution in [1.82, 2.24) is 9.55 Å². The Morgan fingerprint density at radius 2 is 2.04 bits per heavy atom. The topological polar surface area (TPSA) is 101 Å². The van der Waals surface area contributed by atoms with Crippen molar-refractivity contribution in [3.63, 3.8) is 0 Å². The lowest BCUT2D eigenvalue weighted by atomic mass is 10.1. The van der Waals surface area contributed by atoms with Crippen LogP contribution in [0.2, 0.25) is 0 Å². The minimum atomic E-state index is -0.697. The molecule has 1 heterocycles. The second kappa shape index (κ2) is 6.86. The van der Waals surface area contributed by atoms with Crippen molar-refractivity contribution >= 4 is 17.7 Å². The molecule has 24 heavy (non-hydrogen) atoms. The number of nitrogens with zero attached hydrogens (tertiary/aromatic N) is 2. The van der Waals surface area contributed by atoms with E-state index in [1.807, 2.05) is 0 Å². The summed E-state index contributed by atoms with van der Waals surface area (Å²) in [6.45, 7) is 3.61. The zero-order valence-corrected chi connectivity index (χ0v) is 12.8. The molecular weight excluding hydrogens is 316 g/mol. The van der Waals surface area contributed by atoms with E-state index in [-0.39, 0.29) is 34.5 Å². The number of ether oxygens (including phenoxy) is 1. The Balaban J connectivity index is 2.73. The highest BCUT2D eigenvalue weighted by atomic mass is 19.1. The van der Waals surface area contributed by atoms with Crippen LogP contribution in [0, 0.1) is 22.5 Å². The van der Waals surface area contributed by atoms with Crippen molar-refractivity contribution in [3.05, 3.63) is 54.3 Å². The molecule has 124 valence electrons. The van der Waals surface area contributed by atoms with Gasteiger partial charge in [-0.15, -0.1) is 0 Å². The second-order valence-electron chi connectivity index (χ2n) is 4.67. The van der Waals surface area contributed by atoms with Crippen molar-refractivity contribution in [2.75, 3.05) is 7.11 Å². The summed E-state index contributed by atoms with van der Waals surface area (Å²) in [5.74, 6) is -1.59. The van der Waals surface area contributed by atoms with Crippen LogP contribution in [-0.4, -0.2) is 28.2 Å². The zero-order valence-electron chi connectivity index (χ0n) is 12.8. The van der Waals surface area contributed by atoms with E-state index in [9.17, 15) is 8.78 Å². The van der Waals surface area contributed by atoms with E-state index >= 15 is 0 Å². The third-order valence-corrected chi connectivity index (χ3v) is 3.11. The largest absolute Gasteiger partial charge is 0.468 e. The van der Waals surface area contributed by atoms with Crippen molar-refractivity contribution in [3.8, 4) is 17.3 Å². The Morgan fingerprint density at radius 3 is 2.62 bits per heavy atom. The van der Waals surface area contributed by atoms with Gasteiger partial charge in [0.05, 0.1) is 12.8 Å². The SMILES string of the molecule is C=Cn1c(OC)nc(-c2cc(F)ccc2F)c1C(=N)/C=C\C(=N)N. The van der Waals surface area contributed by atoms with Gasteiger partial charge in [-0.2, -0.15) is 4.98 Å². The summed E-state index contributed by atoms with van der Waals surface area (Å²) in [6, 6.07) is 3.00. The number of nitrogens with two attached hydrogens (primary N) is 1. The molecule has 0 saturated heterocycles. The minimum Gasteiger partial charge on any atom is -0.468 e. The van der Waals surface area contributed by atoms with Gasteiger partial charge in [-0.25, -0.2) is 8.78 Å². The molecule has 8 heteroatoms. The summed E-state index contributed by atoms with van der Waals surface area (Å²) in [5, 5.41) is 15.3. The van der Waals surface area contributed by atoms with Crippen LogP contribution in [0.1, 0.15) is 5.69 Å². The third-order valence-electron chi connectivity index (χ3n) is 3.11. The normalized spacial score (nSPS) is 10.8. The van der Waals surface area contributed by atoms with Crippen molar-refractivity contribution in [2.45, 2.75) is 0 Å². The van der Waals surface area contributed by atoms with E-state index in [4.69, 9.17) is 21.3 Å². The highest BCUT2D eigenvalue weighted by Gasteiger charge is 2.22. The van der Waals surface area contributed by atoms with Crippen LogP contribution >= 0.6 is 0 Å². The van der Waals surface area contributed by atoms with Crippen molar-refractivity contribution in [1.29, 1.82) is 10.8 Å². The molecule has 0 aliphatic rings. The lowest BCUT2D eigenvalue weighted by Crippen LogP contribution is -2.09. The summed E-state index contributed by atoms with van der Waals surface area (Å²) in [4.78, 5) is 4.12. The molecule has 0 fully saturated rings. The highest BCUT2D eigenvalue weighted by molar-refractivity contribution is 6.12. The number of nitrogens with one attached hydrogen (secondary N) is 2. The zero-order chi connectivity index (χ0) is 17.9. The number of halogens is 2. The molecule has 0 spiro atoms. The molecule has 1 aromatic carbocycles. The summed E-state index contributed by atoms with van der Waals surface area (Å²) in [5.41, 5.74) is 5.14. The lowest BCUT2D eigenvalue weighted by molar-refractivity contribution is 0.376. The van der Waals surface area contributed by atoms with E-state index in [0.717, 1.165) is 18.2 Å². The number of benzene rings is 1. The van der Waals surface area contributed by atoms with Crippen LogP contribution in [0.5, 0.6) is 6.01 Å². The van der Waals surface area contributed by atoms with Crippen molar-refractivity contribution < 1.29 is 13.5 Å². The van der Waals surface area contributed by atoms with Gasteiger partial charge in [-0.1, -0.05) is 6.58 Å². The monoisotopic (exact) mass is 331 g/mol. The Hall–Kier alpha value is -3.29. The van der Waals surface area contributed by atoms with Gasteiger partial charge in [0.2, 0.25) is 0 Å². The number of hydrogen-bond acceptors (Lipinski definition) is 4. The van der Waals surface area contributed by atoms with Gasteiger partial charge in [0.25, 0.3) is 0 Å². The van der Waals surface area contributed by atoms with Gasteiger partial charge in [-0.3, -0.25) is 15.4 Å². The van der Waals surface area contributed by atoms with Gasteiger partial charge in [0, 0.05) is 11.8 Å². The predicted molar refractivity (Wildman–Crippen MR) is 88.4 cm³/mol. The second-order valence-corrected chi connectivity index (χ2v) is 4.67. The van der Waals surface area contributed by atoms with Crippen LogP contribution in [0.3, 0.4) is 0 Å². The van der Waals surface area contributed by atoms with Crippen LogP contribution < -0.4 is 10.5 Å². The molecule has 0 aliphatic heterocycles. The first-order chi connectivity index (χ1) is 11.4. The molecule has 0 atom stereocenters. The molecule has 4 N–H and O–H groups in total. The number of methoxy groups -OCH3 is 1. The maximum Gasteiger partial charge on any atom is 0.301 e. The van der Waals surface area contributed by atoms with E-state index < -0.39 is 11.6 Å². The van der Waals surface area contributed by atoms with Crippen molar-refractivity contribution in [2.24, 2.45) is 5.73 Å². The van der Waals surface area contributed by atoms with E-state index in [1.165, 1.54) is 30.0 Å². The third kappa shape index (κ3) is 3.22. The number of hydrogen-bond donors (Lipinski definition) is 3. The fourth-order valence-electron chi connectivity index (χ4n) is 2.10.